The van der Waals surface area contributed by atoms with Gasteiger partial charge in [0.25, 0.3) is 0 Å². The molecule has 0 aliphatic heterocycles. The molecule has 0 bridgehead atoms. The Balaban J connectivity index is 1.73. The second kappa shape index (κ2) is 7.17. The largest absolute Gasteiger partial charge is 0.489 e. The maximum Gasteiger partial charge on any atom is 0.119 e. The molecule has 0 heterocycles. The fourth-order valence-electron chi connectivity index (χ4n) is 1.80. The fourth-order valence-corrected chi connectivity index (χ4v) is 1.93. The van der Waals surface area contributed by atoms with E-state index in [1.807, 2.05) is 49.4 Å². The van der Waals surface area contributed by atoms with Gasteiger partial charge in [0.2, 0.25) is 0 Å². The van der Waals surface area contributed by atoms with E-state index in [2.05, 4.69) is 17.4 Å². The van der Waals surface area contributed by atoms with Gasteiger partial charge >= 0.3 is 0 Å². The Labute approximate surface area is 119 Å². The van der Waals surface area contributed by atoms with Crippen molar-refractivity contribution in [3.05, 3.63) is 65.2 Å². The molecule has 2 aromatic rings. The zero-order chi connectivity index (χ0) is 13.5. The molecule has 1 atom stereocenters. The molecule has 100 valence electrons. The van der Waals surface area contributed by atoms with Crippen LogP contribution in [0.1, 0.15) is 12.5 Å². The van der Waals surface area contributed by atoms with Crippen LogP contribution in [0.2, 0.25) is 5.02 Å². The van der Waals surface area contributed by atoms with Crippen LogP contribution < -0.4 is 10.1 Å². The fraction of sp³-hybridized carbons (Fsp3) is 0.250. The molecule has 0 amide bonds. The highest BCUT2D eigenvalue weighted by Crippen LogP contribution is 2.16. The second-order valence-corrected chi connectivity index (χ2v) is 4.94. The van der Waals surface area contributed by atoms with E-state index in [0.29, 0.717) is 0 Å². The van der Waals surface area contributed by atoms with Crippen molar-refractivity contribution in [2.24, 2.45) is 0 Å². The van der Waals surface area contributed by atoms with Gasteiger partial charge in [-0.05, 0) is 36.8 Å². The number of rotatable bonds is 6. The lowest BCUT2D eigenvalue weighted by molar-refractivity contribution is 0.217. The van der Waals surface area contributed by atoms with Crippen LogP contribution in [0.15, 0.2) is 54.6 Å². The van der Waals surface area contributed by atoms with Crippen LogP contribution in [0.25, 0.3) is 0 Å². The minimum Gasteiger partial charge on any atom is -0.489 e. The molecule has 0 saturated carbocycles. The Kier molecular flexibility index (Phi) is 5.25. The van der Waals surface area contributed by atoms with Gasteiger partial charge < -0.3 is 10.1 Å². The van der Waals surface area contributed by atoms with Crippen LogP contribution in [0.5, 0.6) is 5.75 Å². The highest BCUT2D eigenvalue weighted by molar-refractivity contribution is 6.30. The minimum atomic E-state index is 0.116. The summed E-state index contributed by atoms with van der Waals surface area (Å²) < 4.78 is 5.79. The van der Waals surface area contributed by atoms with E-state index in [9.17, 15) is 0 Å². The van der Waals surface area contributed by atoms with Crippen molar-refractivity contribution >= 4 is 11.6 Å². The Morgan fingerprint density at radius 1 is 1.05 bits per heavy atom. The topological polar surface area (TPSA) is 21.3 Å². The average molecular weight is 276 g/mol. The third-order valence-electron chi connectivity index (χ3n) is 2.75. The van der Waals surface area contributed by atoms with E-state index in [1.165, 1.54) is 5.56 Å². The molecular formula is C16H18ClNO. The van der Waals surface area contributed by atoms with E-state index in [4.69, 9.17) is 16.3 Å². The van der Waals surface area contributed by atoms with Crippen molar-refractivity contribution in [2.75, 3.05) is 6.54 Å². The molecule has 0 aliphatic rings. The van der Waals surface area contributed by atoms with Gasteiger partial charge in [0.05, 0.1) is 0 Å². The van der Waals surface area contributed by atoms with Gasteiger partial charge in [-0.3, -0.25) is 0 Å². The van der Waals surface area contributed by atoms with Crippen LogP contribution >= 0.6 is 11.6 Å². The predicted molar refractivity (Wildman–Crippen MR) is 79.7 cm³/mol. The number of nitrogens with one attached hydrogen (secondary N) is 1. The summed E-state index contributed by atoms with van der Waals surface area (Å²) in [6.45, 7) is 3.71. The molecule has 0 spiro atoms. The van der Waals surface area contributed by atoms with Gasteiger partial charge in [-0.15, -0.1) is 0 Å². The van der Waals surface area contributed by atoms with Crippen molar-refractivity contribution in [1.82, 2.24) is 5.32 Å². The van der Waals surface area contributed by atoms with Gasteiger partial charge in [0.1, 0.15) is 11.9 Å². The summed E-state index contributed by atoms with van der Waals surface area (Å²) in [7, 11) is 0. The molecule has 2 aromatic carbocycles. The lowest BCUT2D eigenvalue weighted by atomic mass is 10.2. The first-order chi connectivity index (χ1) is 9.24. The standard InChI is InChI=1S/C16H18ClNO/c1-13(19-16-9-7-15(17)8-10-16)11-18-12-14-5-3-2-4-6-14/h2-10,13,18H,11-12H2,1H3. The Morgan fingerprint density at radius 2 is 1.74 bits per heavy atom. The van der Waals surface area contributed by atoms with E-state index >= 15 is 0 Å². The van der Waals surface area contributed by atoms with Crippen LogP contribution in [-0.4, -0.2) is 12.6 Å². The zero-order valence-corrected chi connectivity index (χ0v) is 11.7. The molecule has 19 heavy (non-hydrogen) atoms. The molecular weight excluding hydrogens is 258 g/mol. The Hall–Kier alpha value is -1.51. The molecule has 0 saturated heterocycles. The zero-order valence-electron chi connectivity index (χ0n) is 11.0. The van der Waals surface area contributed by atoms with Gasteiger partial charge in [-0.25, -0.2) is 0 Å². The lowest BCUT2D eigenvalue weighted by Crippen LogP contribution is -2.28. The summed E-state index contributed by atoms with van der Waals surface area (Å²) in [4.78, 5) is 0. The quantitative estimate of drug-likeness (QED) is 0.863. The normalized spacial score (nSPS) is 12.1. The third kappa shape index (κ3) is 4.93. The van der Waals surface area contributed by atoms with Gasteiger partial charge in [-0.1, -0.05) is 41.9 Å². The molecule has 0 radical (unpaired) electrons. The molecule has 0 fully saturated rings. The number of halogens is 1. The highest BCUT2D eigenvalue weighted by Gasteiger charge is 2.03. The van der Waals surface area contributed by atoms with E-state index < -0.39 is 0 Å². The number of ether oxygens (including phenoxy) is 1. The van der Waals surface area contributed by atoms with Gasteiger partial charge in [-0.2, -0.15) is 0 Å². The van der Waals surface area contributed by atoms with Crippen molar-refractivity contribution in [3.63, 3.8) is 0 Å². The first-order valence-corrected chi connectivity index (χ1v) is 6.79. The molecule has 1 unspecified atom stereocenters. The maximum atomic E-state index is 5.83. The van der Waals surface area contributed by atoms with E-state index in [-0.39, 0.29) is 6.10 Å². The van der Waals surface area contributed by atoms with Crippen LogP contribution in [0.4, 0.5) is 0 Å². The molecule has 2 rings (SSSR count). The summed E-state index contributed by atoms with van der Waals surface area (Å²) in [6, 6.07) is 17.8. The van der Waals surface area contributed by atoms with Crippen LogP contribution in [0.3, 0.4) is 0 Å². The van der Waals surface area contributed by atoms with Crippen molar-refractivity contribution < 1.29 is 4.74 Å². The average Bonchev–Trinajstić information content (AvgIpc) is 2.43. The monoisotopic (exact) mass is 275 g/mol. The van der Waals surface area contributed by atoms with Crippen molar-refractivity contribution in [2.45, 2.75) is 19.6 Å². The molecule has 2 nitrogen and oxygen atoms in total. The van der Waals surface area contributed by atoms with Crippen LogP contribution in [-0.2, 0) is 6.54 Å². The number of hydrogen-bond donors (Lipinski definition) is 1. The van der Waals surface area contributed by atoms with E-state index in [1.54, 1.807) is 0 Å². The summed E-state index contributed by atoms with van der Waals surface area (Å²) in [5, 5.41) is 4.11. The van der Waals surface area contributed by atoms with Crippen LogP contribution in [0, 0.1) is 0 Å². The number of hydrogen-bond acceptors (Lipinski definition) is 2. The highest BCUT2D eigenvalue weighted by atomic mass is 35.5. The van der Waals surface area contributed by atoms with Crippen molar-refractivity contribution in [3.8, 4) is 5.75 Å². The minimum absolute atomic E-state index is 0.116. The summed E-state index contributed by atoms with van der Waals surface area (Å²) >= 11 is 5.83. The van der Waals surface area contributed by atoms with Crippen molar-refractivity contribution in [1.29, 1.82) is 0 Å². The van der Waals surface area contributed by atoms with Gasteiger partial charge in [0, 0.05) is 18.1 Å². The molecule has 0 aliphatic carbocycles. The Bertz CT molecular complexity index is 484. The first-order valence-electron chi connectivity index (χ1n) is 6.41. The third-order valence-corrected chi connectivity index (χ3v) is 3.01. The predicted octanol–water partition coefficient (Wildman–Crippen LogP) is 3.90. The maximum absolute atomic E-state index is 5.83. The second-order valence-electron chi connectivity index (χ2n) is 4.50. The Morgan fingerprint density at radius 3 is 2.42 bits per heavy atom. The lowest BCUT2D eigenvalue weighted by Gasteiger charge is -2.15. The SMILES string of the molecule is CC(CNCc1ccccc1)Oc1ccc(Cl)cc1. The molecule has 1 N–H and O–H groups in total. The van der Waals surface area contributed by atoms with Gasteiger partial charge in [0.15, 0.2) is 0 Å². The number of benzene rings is 2. The van der Waals surface area contributed by atoms with E-state index in [0.717, 1.165) is 23.9 Å². The summed E-state index contributed by atoms with van der Waals surface area (Å²) in [5.74, 6) is 0.846. The molecule has 0 aromatic heterocycles. The summed E-state index contributed by atoms with van der Waals surface area (Å²) in [6.07, 6.45) is 0.116. The smallest absolute Gasteiger partial charge is 0.119 e. The first kappa shape index (κ1) is 13.9. The molecule has 3 heteroatoms. The summed E-state index contributed by atoms with van der Waals surface area (Å²) in [5.41, 5.74) is 1.28.